The molecule has 0 N–H and O–H groups in total. The first-order valence-electron chi connectivity index (χ1n) is 6.89. The molecule has 0 saturated carbocycles. The highest BCUT2D eigenvalue weighted by molar-refractivity contribution is 6.03. The zero-order valence-corrected chi connectivity index (χ0v) is 12.2. The summed E-state index contributed by atoms with van der Waals surface area (Å²) in [6.07, 6.45) is 0. The van der Waals surface area contributed by atoms with Crippen molar-refractivity contribution in [3.8, 4) is 5.75 Å². The maximum absolute atomic E-state index is 12.7. The summed E-state index contributed by atoms with van der Waals surface area (Å²) in [5, 5.41) is 0. The van der Waals surface area contributed by atoms with Crippen LogP contribution in [0.4, 0.5) is 0 Å². The summed E-state index contributed by atoms with van der Waals surface area (Å²) in [5.41, 5.74) is 1.20. The first-order chi connectivity index (χ1) is 9.55. The summed E-state index contributed by atoms with van der Waals surface area (Å²) in [6, 6.07) is 17.2. The zero-order valence-electron chi connectivity index (χ0n) is 12.2. The Labute approximate surface area is 120 Å². The summed E-state index contributed by atoms with van der Waals surface area (Å²) in [7, 11) is 0. The van der Waals surface area contributed by atoms with Gasteiger partial charge in [0.05, 0.1) is 12.0 Å². The second-order valence-electron chi connectivity index (χ2n) is 5.28. The van der Waals surface area contributed by atoms with E-state index in [1.165, 1.54) is 0 Å². The molecule has 2 aromatic carbocycles. The number of Topliss-reactive ketones (excluding diaryl/α,β-unsaturated/α-hetero) is 1. The minimum atomic E-state index is -0.533. The molecular weight excluding hydrogens is 248 g/mol. The van der Waals surface area contributed by atoms with E-state index in [2.05, 4.69) is 0 Å². The highest BCUT2D eigenvalue weighted by Gasteiger charge is 2.30. The van der Waals surface area contributed by atoms with E-state index in [9.17, 15) is 4.79 Å². The van der Waals surface area contributed by atoms with Crippen molar-refractivity contribution in [1.29, 1.82) is 0 Å². The largest absolute Gasteiger partial charge is 0.494 e. The molecule has 0 amide bonds. The van der Waals surface area contributed by atoms with Crippen LogP contribution in [0.5, 0.6) is 5.75 Å². The van der Waals surface area contributed by atoms with Gasteiger partial charge < -0.3 is 4.74 Å². The van der Waals surface area contributed by atoms with Crippen LogP contribution >= 0.6 is 0 Å². The smallest absolute Gasteiger partial charge is 0.172 e. The monoisotopic (exact) mass is 268 g/mol. The fourth-order valence-corrected chi connectivity index (χ4v) is 2.22. The van der Waals surface area contributed by atoms with Crippen LogP contribution in [0, 0.1) is 0 Å². The molecule has 0 fully saturated rings. The average Bonchev–Trinajstić information content (AvgIpc) is 2.48. The van der Waals surface area contributed by atoms with E-state index < -0.39 is 5.41 Å². The molecule has 0 saturated heterocycles. The van der Waals surface area contributed by atoms with E-state index in [1.54, 1.807) is 0 Å². The molecule has 0 aliphatic rings. The van der Waals surface area contributed by atoms with Gasteiger partial charge in [-0.05, 0) is 50.6 Å². The maximum Gasteiger partial charge on any atom is 0.172 e. The van der Waals surface area contributed by atoms with E-state index in [-0.39, 0.29) is 5.78 Å². The van der Waals surface area contributed by atoms with Crippen LogP contribution in [-0.4, -0.2) is 12.4 Å². The topological polar surface area (TPSA) is 26.3 Å². The number of rotatable bonds is 5. The van der Waals surface area contributed by atoms with Gasteiger partial charge in [0.15, 0.2) is 5.78 Å². The van der Waals surface area contributed by atoms with Crippen LogP contribution in [0.2, 0.25) is 0 Å². The van der Waals surface area contributed by atoms with Gasteiger partial charge in [0, 0.05) is 5.56 Å². The first kappa shape index (κ1) is 14.3. The third-order valence-corrected chi connectivity index (χ3v) is 3.49. The van der Waals surface area contributed by atoms with Crippen LogP contribution in [0.3, 0.4) is 0 Å². The number of ketones is 1. The summed E-state index contributed by atoms with van der Waals surface area (Å²) in [6.45, 7) is 6.49. The highest BCUT2D eigenvalue weighted by Crippen LogP contribution is 2.28. The molecule has 0 unspecified atom stereocenters. The Hall–Kier alpha value is -2.09. The van der Waals surface area contributed by atoms with Crippen LogP contribution < -0.4 is 4.74 Å². The lowest BCUT2D eigenvalue weighted by molar-refractivity contribution is 0.0908. The molecule has 0 spiro atoms. The molecular formula is C18H20O2. The molecule has 2 aromatic rings. The Balaban J connectivity index is 2.26. The third-order valence-electron chi connectivity index (χ3n) is 3.49. The van der Waals surface area contributed by atoms with Crippen molar-refractivity contribution in [3.63, 3.8) is 0 Å². The molecule has 2 heteroatoms. The number of carbonyl (C=O) groups is 1. The first-order valence-corrected chi connectivity index (χ1v) is 6.89. The van der Waals surface area contributed by atoms with Gasteiger partial charge in [0.1, 0.15) is 5.75 Å². The second kappa shape index (κ2) is 5.91. The van der Waals surface area contributed by atoms with Crippen molar-refractivity contribution in [2.24, 2.45) is 0 Å². The van der Waals surface area contributed by atoms with Crippen LogP contribution in [0.1, 0.15) is 36.7 Å². The third kappa shape index (κ3) is 2.90. The lowest BCUT2D eigenvalue weighted by Crippen LogP contribution is -2.29. The van der Waals surface area contributed by atoms with Crippen LogP contribution in [-0.2, 0) is 5.41 Å². The molecule has 0 bridgehead atoms. The van der Waals surface area contributed by atoms with E-state index in [0.717, 1.165) is 11.3 Å². The van der Waals surface area contributed by atoms with Crippen molar-refractivity contribution in [2.45, 2.75) is 26.2 Å². The average molecular weight is 268 g/mol. The lowest BCUT2D eigenvalue weighted by Gasteiger charge is -2.23. The molecule has 0 heterocycles. The fraction of sp³-hybridized carbons (Fsp3) is 0.278. The fourth-order valence-electron chi connectivity index (χ4n) is 2.22. The Morgan fingerprint density at radius 3 is 2.15 bits per heavy atom. The van der Waals surface area contributed by atoms with Gasteiger partial charge in [-0.3, -0.25) is 4.79 Å². The van der Waals surface area contributed by atoms with Crippen molar-refractivity contribution in [2.75, 3.05) is 6.61 Å². The van der Waals surface area contributed by atoms with Gasteiger partial charge in [-0.15, -0.1) is 0 Å². The van der Waals surface area contributed by atoms with E-state index in [1.807, 2.05) is 75.4 Å². The second-order valence-corrected chi connectivity index (χ2v) is 5.28. The molecule has 104 valence electrons. The SMILES string of the molecule is CCOc1ccc(C(=O)C(C)(C)c2ccccc2)cc1. The van der Waals surface area contributed by atoms with Gasteiger partial charge in [-0.25, -0.2) is 0 Å². The highest BCUT2D eigenvalue weighted by atomic mass is 16.5. The number of carbonyl (C=O) groups excluding carboxylic acids is 1. The number of benzene rings is 2. The molecule has 0 aliphatic heterocycles. The van der Waals surface area contributed by atoms with Gasteiger partial charge in [0.2, 0.25) is 0 Å². The Bertz CT molecular complexity index is 568. The molecule has 0 radical (unpaired) electrons. The number of hydrogen-bond donors (Lipinski definition) is 0. The van der Waals surface area contributed by atoms with Gasteiger partial charge in [0.25, 0.3) is 0 Å². The van der Waals surface area contributed by atoms with Gasteiger partial charge >= 0.3 is 0 Å². The van der Waals surface area contributed by atoms with E-state index >= 15 is 0 Å². The van der Waals surface area contributed by atoms with Crippen LogP contribution in [0.15, 0.2) is 54.6 Å². The summed E-state index contributed by atoms with van der Waals surface area (Å²) >= 11 is 0. The van der Waals surface area contributed by atoms with Crippen molar-refractivity contribution in [1.82, 2.24) is 0 Å². The van der Waals surface area contributed by atoms with Crippen molar-refractivity contribution >= 4 is 5.78 Å². The normalized spacial score (nSPS) is 11.2. The number of ether oxygens (including phenoxy) is 1. The summed E-state index contributed by atoms with van der Waals surface area (Å²) in [5.74, 6) is 0.910. The van der Waals surface area contributed by atoms with E-state index in [0.29, 0.717) is 12.2 Å². The number of hydrogen-bond acceptors (Lipinski definition) is 2. The maximum atomic E-state index is 12.7. The molecule has 0 aliphatic carbocycles. The minimum Gasteiger partial charge on any atom is -0.494 e. The van der Waals surface area contributed by atoms with Crippen molar-refractivity contribution in [3.05, 3.63) is 65.7 Å². The standard InChI is InChI=1S/C18H20O2/c1-4-20-16-12-10-14(11-13-16)17(19)18(2,3)15-8-6-5-7-9-15/h5-13H,4H2,1-3H3. The molecule has 0 aromatic heterocycles. The molecule has 2 rings (SSSR count). The summed E-state index contributed by atoms with van der Waals surface area (Å²) in [4.78, 5) is 12.7. The van der Waals surface area contributed by atoms with Crippen LogP contribution in [0.25, 0.3) is 0 Å². The van der Waals surface area contributed by atoms with Gasteiger partial charge in [-0.2, -0.15) is 0 Å². The Kier molecular flexibility index (Phi) is 4.23. The molecule has 2 nitrogen and oxygen atoms in total. The lowest BCUT2D eigenvalue weighted by atomic mass is 9.78. The van der Waals surface area contributed by atoms with E-state index in [4.69, 9.17) is 4.74 Å². The quantitative estimate of drug-likeness (QED) is 0.758. The molecule has 20 heavy (non-hydrogen) atoms. The predicted molar refractivity (Wildman–Crippen MR) is 81.4 cm³/mol. The Morgan fingerprint density at radius 1 is 1.00 bits per heavy atom. The predicted octanol–water partition coefficient (Wildman–Crippen LogP) is 4.25. The summed E-state index contributed by atoms with van der Waals surface area (Å²) < 4.78 is 5.40. The Morgan fingerprint density at radius 2 is 1.60 bits per heavy atom. The zero-order chi connectivity index (χ0) is 14.6. The van der Waals surface area contributed by atoms with Gasteiger partial charge in [-0.1, -0.05) is 30.3 Å². The molecule has 0 atom stereocenters. The van der Waals surface area contributed by atoms with Crippen molar-refractivity contribution < 1.29 is 9.53 Å². The minimum absolute atomic E-state index is 0.117.